The normalized spacial score (nSPS) is 11.7. The fraction of sp³-hybridized carbons (Fsp3) is 0.200. The minimum atomic E-state index is 0.300. The van der Waals surface area contributed by atoms with E-state index in [0.717, 1.165) is 0 Å². The summed E-state index contributed by atoms with van der Waals surface area (Å²) in [7, 11) is 0. The van der Waals surface area contributed by atoms with E-state index in [9.17, 15) is 0 Å². The van der Waals surface area contributed by atoms with Crippen molar-refractivity contribution in [3.05, 3.63) is 42.0 Å². The average molecular weight is 145 g/mol. The van der Waals surface area contributed by atoms with Crippen molar-refractivity contribution < 1.29 is 0 Å². The van der Waals surface area contributed by atoms with Gasteiger partial charge in [-0.25, -0.2) is 0 Å². The predicted octanol–water partition coefficient (Wildman–Crippen LogP) is 2.59. The zero-order valence-corrected chi connectivity index (χ0v) is 6.54. The highest BCUT2D eigenvalue weighted by molar-refractivity contribution is 5.50. The van der Waals surface area contributed by atoms with E-state index in [1.165, 1.54) is 5.56 Å². The Morgan fingerprint density at radius 3 is 2.55 bits per heavy atom. The fourth-order valence-electron chi connectivity index (χ4n) is 0.978. The molecule has 56 valence electrons. The van der Waals surface area contributed by atoms with E-state index in [-0.39, 0.29) is 0 Å². The van der Waals surface area contributed by atoms with Gasteiger partial charge in [-0.05, 0) is 17.5 Å². The van der Waals surface area contributed by atoms with Gasteiger partial charge >= 0.3 is 0 Å². The minimum Gasteiger partial charge on any atom is -0.259 e. The molecule has 0 aliphatic carbocycles. The Morgan fingerprint density at radius 2 is 2.00 bits per heavy atom. The highest BCUT2D eigenvalue weighted by Crippen LogP contribution is 2.13. The molecule has 0 bridgehead atoms. The molecular weight excluding hydrogens is 134 g/mol. The number of nitrogens with one attached hydrogen (secondary N) is 1. The Kier molecular flexibility index (Phi) is 2.65. The number of benzene rings is 1. The smallest absolute Gasteiger partial charge is 0.00808 e. The van der Waals surface area contributed by atoms with E-state index in [1.54, 1.807) is 6.08 Å². The van der Waals surface area contributed by atoms with Crippen LogP contribution in [0.1, 0.15) is 18.4 Å². The summed E-state index contributed by atoms with van der Waals surface area (Å²) in [4.78, 5) is 0. The Morgan fingerprint density at radius 1 is 1.36 bits per heavy atom. The molecule has 0 saturated heterocycles. The Balaban J connectivity index is 2.84. The topological polar surface area (TPSA) is 23.9 Å². The highest BCUT2D eigenvalue weighted by Gasteiger charge is 1.97. The summed E-state index contributed by atoms with van der Waals surface area (Å²) in [6, 6.07) is 10.1. The molecule has 1 atom stereocenters. The standard InChI is InChI=1S/C10H11N/c1-9(7-8-11)10-5-3-2-4-6-10/h2-7,9,11H,1H3. The lowest BCUT2D eigenvalue weighted by atomic mass is 10.0. The summed E-state index contributed by atoms with van der Waals surface area (Å²) < 4.78 is 0. The number of hydrogen-bond donors (Lipinski definition) is 1. The van der Waals surface area contributed by atoms with Crippen molar-refractivity contribution in [3.8, 4) is 0 Å². The molecule has 0 heterocycles. The molecule has 0 aliphatic heterocycles. The molecule has 1 aromatic rings. The SMILES string of the molecule is CC(C=C=N)c1ccccc1. The number of rotatable bonds is 2. The van der Waals surface area contributed by atoms with Crippen molar-refractivity contribution in [2.24, 2.45) is 0 Å². The molecule has 1 rings (SSSR count). The lowest BCUT2D eigenvalue weighted by Crippen LogP contribution is -1.87. The zero-order chi connectivity index (χ0) is 8.10. The summed E-state index contributed by atoms with van der Waals surface area (Å²) in [6.07, 6.45) is 1.75. The third-order valence-corrected chi connectivity index (χ3v) is 1.66. The van der Waals surface area contributed by atoms with Gasteiger partial charge in [-0.2, -0.15) is 0 Å². The Hall–Kier alpha value is -1.33. The van der Waals surface area contributed by atoms with Crippen LogP contribution < -0.4 is 0 Å². The molecule has 0 spiro atoms. The van der Waals surface area contributed by atoms with Crippen LogP contribution in [0, 0.1) is 5.41 Å². The maximum atomic E-state index is 6.78. The molecule has 1 aromatic carbocycles. The van der Waals surface area contributed by atoms with Crippen LogP contribution in [0.3, 0.4) is 0 Å². The lowest BCUT2D eigenvalue weighted by Gasteiger charge is -2.02. The van der Waals surface area contributed by atoms with Crippen LogP contribution in [0.2, 0.25) is 0 Å². The van der Waals surface area contributed by atoms with Crippen LogP contribution >= 0.6 is 0 Å². The van der Waals surface area contributed by atoms with E-state index in [2.05, 4.69) is 24.9 Å². The van der Waals surface area contributed by atoms with Crippen molar-refractivity contribution in [1.82, 2.24) is 0 Å². The summed E-state index contributed by atoms with van der Waals surface area (Å²) in [5.74, 6) is 2.59. The van der Waals surface area contributed by atoms with Crippen molar-refractivity contribution >= 4 is 5.87 Å². The van der Waals surface area contributed by atoms with Gasteiger partial charge in [-0.3, -0.25) is 5.41 Å². The molecular formula is C10H11N. The Labute approximate surface area is 66.9 Å². The van der Waals surface area contributed by atoms with E-state index in [1.807, 2.05) is 18.2 Å². The summed E-state index contributed by atoms with van der Waals surface area (Å²) in [5.41, 5.74) is 1.23. The first-order chi connectivity index (χ1) is 5.34. The van der Waals surface area contributed by atoms with Gasteiger partial charge in [0.15, 0.2) is 0 Å². The zero-order valence-electron chi connectivity index (χ0n) is 6.54. The van der Waals surface area contributed by atoms with Crippen LogP contribution in [-0.2, 0) is 0 Å². The minimum absolute atomic E-state index is 0.300. The summed E-state index contributed by atoms with van der Waals surface area (Å²) >= 11 is 0. The molecule has 1 unspecified atom stereocenters. The van der Waals surface area contributed by atoms with Crippen molar-refractivity contribution in [3.63, 3.8) is 0 Å². The van der Waals surface area contributed by atoms with Crippen LogP contribution in [0.25, 0.3) is 0 Å². The van der Waals surface area contributed by atoms with Gasteiger partial charge in [0.25, 0.3) is 0 Å². The second-order valence-corrected chi connectivity index (χ2v) is 2.51. The second kappa shape index (κ2) is 3.75. The molecule has 0 aliphatic rings. The van der Waals surface area contributed by atoms with Crippen LogP contribution in [-0.4, -0.2) is 5.87 Å². The highest BCUT2D eigenvalue weighted by atomic mass is 14.3. The molecule has 0 fully saturated rings. The first-order valence-corrected chi connectivity index (χ1v) is 3.65. The third-order valence-electron chi connectivity index (χ3n) is 1.66. The van der Waals surface area contributed by atoms with Gasteiger partial charge in [0, 0.05) is 5.92 Å². The van der Waals surface area contributed by atoms with Crippen molar-refractivity contribution in [1.29, 1.82) is 5.41 Å². The third kappa shape index (κ3) is 2.06. The molecule has 1 N–H and O–H groups in total. The second-order valence-electron chi connectivity index (χ2n) is 2.51. The van der Waals surface area contributed by atoms with Gasteiger partial charge in [-0.15, -0.1) is 0 Å². The van der Waals surface area contributed by atoms with Crippen LogP contribution in [0.15, 0.2) is 36.4 Å². The summed E-state index contributed by atoms with van der Waals surface area (Å²) in [6.45, 7) is 2.05. The molecule has 1 nitrogen and oxygen atoms in total. The average Bonchev–Trinajstić information content (AvgIpc) is 2.07. The van der Waals surface area contributed by atoms with Gasteiger partial charge in [0.05, 0.1) is 0 Å². The monoisotopic (exact) mass is 145 g/mol. The molecule has 0 saturated carbocycles. The number of allylic oxidation sites excluding steroid dienone is 1. The first-order valence-electron chi connectivity index (χ1n) is 3.65. The van der Waals surface area contributed by atoms with Crippen molar-refractivity contribution in [2.75, 3.05) is 0 Å². The molecule has 0 radical (unpaired) electrons. The van der Waals surface area contributed by atoms with Gasteiger partial charge < -0.3 is 0 Å². The largest absolute Gasteiger partial charge is 0.259 e. The maximum absolute atomic E-state index is 6.78. The maximum Gasteiger partial charge on any atom is 0.00808 e. The molecule has 1 heteroatoms. The van der Waals surface area contributed by atoms with E-state index in [4.69, 9.17) is 5.41 Å². The van der Waals surface area contributed by atoms with Gasteiger partial charge in [0.2, 0.25) is 0 Å². The van der Waals surface area contributed by atoms with Crippen LogP contribution in [0.5, 0.6) is 0 Å². The van der Waals surface area contributed by atoms with Gasteiger partial charge in [-0.1, -0.05) is 37.3 Å². The molecule has 0 aromatic heterocycles. The molecule has 11 heavy (non-hydrogen) atoms. The molecule has 0 amide bonds. The first kappa shape index (κ1) is 7.77. The van der Waals surface area contributed by atoms with E-state index in [0.29, 0.717) is 5.92 Å². The quantitative estimate of drug-likeness (QED) is 0.618. The predicted molar refractivity (Wildman–Crippen MR) is 47.2 cm³/mol. The van der Waals surface area contributed by atoms with E-state index < -0.39 is 0 Å². The lowest BCUT2D eigenvalue weighted by molar-refractivity contribution is 0.976. The van der Waals surface area contributed by atoms with Crippen molar-refractivity contribution in [2.45, 2.75) is 12.8 Å². The number of hydrogen-bond acceptors (Lipinski definition) is 1. The van der Waals surface area contributed by atoms with Crippen LogP contribution in [0.4, 0.5) is 0 Å². The fourth-order valence-corrected chi connectivity index (χ4v) is 0.978. The van der Waals surface area contributed by atoms with E-state index >= 15 is 0 Å². The van der Waals surface area contributed by atoms with Gasteiger partial charge in [0.1, 0.15) is 0 Å². The summed E-state index contributed by atoms with van der Waals surface area (Å²) in [5, 5.41) is 6.78. The Bertz CT molecular complexity index is 257.